The smallest absolute Gasteiger partial charge is 0.264 e. The van der Waals surface area contributed by atoms with Gasteiger partial charge in [-0.25, -0.2) is 13.9 Å². The summed E-state index contributed by atoms with van der Waals surface area (Å²) >= 11 is 0. The predicted octanol–water partition coefficient (Wildman–Crippen LogP) is 1.87. The van der Waals surface area contributed by atoms with Gasteiger partial charge in [0, 0.05) is 36.7 Å². The maximum absolute atomic E-state index is 12.5. The first kappa shape index (κ1) is 21.5. The molecule has 0 radical (unpaired) electrons. The molecule has 158 valence electrons. The predicted molar refractivity (Wildman–Crippen MR) is 109 cm³/mol. The average molecular weight is 431 g/mol. The van der Waals surface area contributed by atoms with E-state index in [-0.39, 0.29) is 18.5 Å². The van der Waals surface area contributed by atoms with Crippen LogP contribution in [0.5, 0.6) is 0 Å². The molecule has 3 aromatic rings. The molecule has 1 atom stereocenters. The Morgan fingerprint density at radius 3 is 2.37 bits per heavy atom. The Bertz CT molecular complexity index is 1200. The van der Waals surface area contributed by atoms with E-state index in [1.807, 2.05) is 24.3 Å². The zero-order valence-corrected chi connectivity index (χ0v) is 17.2. The zero-order chi connectivity index (χ0) is 21.9. The molecule has 0 aliphatic carbocycles. The minimum Gasteiger partial charge on any atom is -0.356 e. The number of sulfone groups is 1. The van der Waals surface area contributed by atoms with E-state index in [0.29, 0.717) is 11.3 Å². The van der Waals surface area contributed by atoms with Crippen LogP contribution >= 0.6 is 0 Å². The summed E-state index contributed by atoms with van der Waals surface area (Å²) in [5, 5.41) is 12.6. The van der Waals surface area contributed by atoms with E-state index >= 15 is 0 Å². The van der Waals surface area contributed by atoms with Crippen LogP contribution in [0.4, 0.5) is 0 Å². The van der Waals surface area contributed by atoms with E-state index in [1.165, 1.54) is 23.0 Å². The molecule has 0 spiro atoms. The standard InChI is InChI=1S/C20H21N3O6S/c1-20(19(25)22-26,30(2,27)28)9-12-23-11-8-16(13-18(23)24)14-3-5-15(6-4-14)17-7-10-21-29-17/h3-8,10-11,13,26H,9,12H2,1-2H3,(H,22,25)/t20-/m1/s1. The first-order valence-electron chi connectivity index (χ1n) is 9.02. The number of amides is 1. The second-order valence-corrected chi connectivity index (χ2v) is 9.54. The largest absolute Gasteiger partial charge is 0.356 e. The molecule has 0 fully saturated rings. The van der Waals surface area contributed by atoms with Crippen LogP contribution in [0.1, 0.15) is 13.3 Å². The number of benzene rings is 1. The number of carbonyl (C=O) groups excluding carboxylic acids is 1. The summed E-state index contributed by atoms with van der Waals surface area (Å²) in [7, 11) is -3.83. The Kier molecular flexibility index (Phi) is 5.90. The van der Waals surface area contributed by atoms with Gasteiger partial charge >= 0.3 is 0 Å². The number of hydrogen-bond donors (Lipinski definition) is 2. The van der Waals surface area contributed by atoms with Crippen LogP contribution in [-0.4, -0.2) is 40.3 Å². The highest BCUT2D eigenvalue weighted by Crippen LogP contribution is 2.25. The van der Waals surface area contributed by atoms with E-state index in [4.69, 9.17) is 9.73 Å². The third kappa shape index (κ3) is 4.19. The molecule has 2 heterocycles. The first-order chi connectivity index (χ1) is 14.2. The molecule has 9 nitrogen and oxygen atoms in total. The van der Waals surface area contributed by atoms with Crippen LogP contribution in [0.3, 0.4) is 0 Å². The third-order valence-electron chi connectivity index (χ3n) is 5.17. The molecule has 0 unspecified atom stereocenters. The van der Waals surface area contributed by atoms with Crippen LogP contribution in [-0.2, 0) is 21.2 Å². The lowest BCUT2D eigenvalue weighted by Gasteiger charge is -2.25. The molecule has 2 aromatic heterocycles. The maximum atomic E-state index is 12.5. The fourth-order valence-electron chi connectivity index (χ4n) is 2.98. The van der Waals surface area contributed by atoms with Crippen LogP contribution in [0.2, 0.25) is 0 Å². The second-order valence-electron chi connectivity index (χ2n) is 7.10. The van der Waals surface area contributed by atoms with Crippen molar-refractivity contribution in [1.29, 1.82) is 0 Å². The highest BCUT2D eigenvalue weighted by molar-refractivity contribution is 7.92. The monoisotopic (exact) mass is 431 g/mol. The summed E-state index contributed by atoms with van der Waals surface area (Å²) in [5.74, 6) is -0.403. The topological polar surface area (TPSA) is 132 Å². The van der Waals surface area contributed by atoms with Gasteiger partial charge in [-0.1, -0.05) is 29.4 Å². The van der Waals surface area contributed by atoms with Crippen molar-refractivity contribution in [2.45, 2.75) is 24.6 Å². The molecule has 2 N–H and O–H groups in total. The summed E-state index contributed by atoms with van der Waals surface area (Å²) in [6, 6.07) is 12.3. The van der Waals surface area contributed by atoms with E-state index < -0.39 is 20.5 Å². The van der Waals surface area contributed by atoms with Crippen molar-refractivity contribution in [3.63, 3.8) is 0 Å². The van der Waals surface area contributed by atoms with Gasteiger partial charge in [0.2, 0.25) is 0 Å². The number of pyridine rings is 1. The highest BCUT2D eigenvalue weighted by Gasteiger charge is 2.43. The van der Waals surface area contributed by atoms with Crippen molar-refractivity contribution in [3.05, 3.63) is 65.2 Å². The average Bonchev–Trinajstić information content (AvgIpc) is 3.26. The molecule has 1 aromatic carbocycles. The number of hydroxylamine groups is 1. The molecule has 0 bridgehead atoms. The number of nitrogens with one attached hydrogen (secondary N) is 1. The van der Waals surface area contributed by atoms with E-state index in [9.17, 15) is 18.0 Å². The molecule has 0 aliphatic rings. The van der Waals surface area contributed by atoms with Crippen molar-refractivity contribution in [3.8, 4) is 22.5 Å². The fourth-order valence-corrected chi connectivity index (χ4v) is 3.83. The van der Waals surface area contributed by atoms with Crippen molar-refractivity contribution in [1.82, 2.24) is 15.2 Å². The molecule has 3 rings (SSSR count). The van der Waals surface area contributed by atoms with E-state index in [1.54, 1.807) is 24.5 Å². The quantitative estimate of drug-likeness (QED) is 0.431. The van der Waals surface area contributed by atoms with Crippen LogP contribution in [0.25, 0.3) is 22.5 Å². The molecule has 0 aliphatic heterocycles. The normalized spacial score (nSPS) is 13.6. The van der Waals surface area contributed by atoms with Crippen molar-refractivity contribution >= 4 is 15.7 Å². The molecular formula is C20H21N3O6S. The van der Waals surface area contributed by atoms with Crippen molar-refractivity contribution in [2.75, 3.05) is 6.26 Å². The van der Waals surface area contributed by atoms with Crippen LogP contribution in [0, 0.1) is 0 Å². The Morgan fingerprint density at radius 2 is 1.83 bits per heavy atom. The third-order valence-corrected chi connectivity index (χ3v) is 7.19. The number of nitrogens with zero attached hydrogens (tertiary/aromatic N) is 2. The highest BCUT2D eigenvalue weighted by atomic mass is 32.2. The number of hydrogen-bond acceptors (Lipinski definition) is 7. The lowest BCUT2D eigenvalue weighted by Crippen LogP contribution is -2.49. The van der Waals surface area contributed by atoms with Gasteiger partial charge < -0.3 is 9.09 Å². The lowest BCUT2D eigenvalue weighted by atomic mass is 10.0. The van der Waals surface area contributed by atoms with Crippen molar-refractivity contribution in [2.24, 2.45) is 0 Å². The summed E-state index contributed by atoms with van der Waals surface area (Å²) in [6.45, 7) is 1.20. The van der Waals surface area contributed by atoms with Crippen LogP contribution in [0.15, 0.2) is 64.2 Å². The Balaban J connectivity index is 1.80. The maximum Gasteiger partial charge on any atom is 0.264 e. The van der Waals surface area contributed by atoms with Gasteiger partial charge in [-0.3, -0.25) is 14.8 Å². The van der Waals surface area contributed by atoms with Gasteiger partial charge in [0.05, 0.1) is 6.20 Å². The molecular weight excluding hydrogens is 410 g/mol. The SMILES string of the molecule is C[C@@](CCn1ccc(-c2ccc(-c3ccno3)cc2)cc1=O)(C(=O)NO)S(C)(=O)=O. The van der Waals surface area contributed by atoms with Gasteiger partial charge in [0.15, 0.2) is 20.3 Å². The molecule has 30 heavy (non-hydrogen) atoms. The van der Waals surface area contributed by atoms with Gasteiger partial charge in [-0.05, 0) is 30.5 Å². The number of aromatic nitrogens is 2. The van der Waals surface area contributed by atoms with Crippen molar-refractivity contribution < 1.29 is 22.9 Å². The Labute approximate surface area is 172 Å². The summed E-state index contributed by atoms with van der Waals surface area (Å²) < 4.78 is 28.7. The van der Waals surface area contributed by atoms with Gasteiger partial charge in [0.25, 0.3) is 11.5 Å². The minimum atomic E-state index is -3.83. The number of carbonyl (C=O) groups is 1. The molecule has 0 saturated carbocycles. The summed E-state index contributed by atoms with van der Waals surface area (Å²) in [4.78, 5) is 24.4. The van der Waals surface area contributed by atoms with Gasteiger partial charge in [-0.2, -0.15) is 0 Å². The summed E-state index contributed by atoms with van der Waals surface area (Å²) in [6.07, 6.45) is 3.84. The van der Waals surface area contributed by atoms with Gasteiger partial charge in [-0.15, -0.1) is 0 Å². The summed E-state index contributed by atoms with van der Waals surface area (Å²) in [5.41, 5.74) is 3.42. The lowest BCUT2D eigenvalue weighted by molar-refractivity contribution is -0.131. The number of rotatable bonds is 7. The van der Waals surface area contributed by atoms with Crippen LogP contribution < -0.4 is 11.0 Å². The fraction of sp³-hybridized carbons (Fsp3) is 0.250. The number of aryl methyl sites for hydroxylation is 1. The van der Waals surface area contributed by atoms with E-state index in [2.05, 4.69) is 5.16 Å². The molecule has 0 saturated heterocycles. The molecule has 10 heteroatoms. The second kappa shape index (κ2) is 8.25. The zero-order valence-electron chi connectivity index (χ0n) is 16.4. The minimum absolute atomic E-state index is 0.0134. The first-order valence-corrected chi connectivity index (χ1v) is 10.9. The Hall–Kier alpha value is -3.24. The van der Waals surface area contributed by atoms with E-state index in [0.717, 1.165) is 17.4 Å². The van der Waals surface area contributed by atoms with Gasteiger partial charge in [0.1, 0.15) is 0 Å². The molecule has 1 amide bonds. The Morgan fingerprint density at radius 1 is 1.17 bits per heavy atom.